The molecule has 2 aromatic heterocycles. The van der Waals surface area contributed by atoms with E-state index in [-0.39, 0.29) is 54.8 Å². The number of pyridine rings is 1. The second-order valence-electron chi connectivity index (χ2n) is 12.6. The summed E-state index contributed by atoms with van der Waals surface area (Å²) in [5, 5.41) is 11.4. The van der Waals surface area contributed by atoms with Crippen LogP contribution in [0.15, 0.2) is 66.0 Å². The predicted molar refractivity (Wildman–Crippen MR) is 163 cm³/mol. The number of carbonyl (C=O) groups excluding carboxylic acids is 2. The number of piperidine rings is 2. The highest BCUT2D eigenvalue weighted by Crippen LogP contribution is 2.36. The van der Waals surface area contributed by atoms with Gasteiger partial charge in [0.15, 0.2) is 5.69 Å². The van der Waals surface area contributed by atoms with Crippen LogP contribution in [0.2, 0.25) is 0 Å². The zero-order valence-corrected chi connectivity index (χ0v) is 25.4. The maximum Gasteiger partial charge on any atom is 0.410 e. The van der Waals surface area contributed by atoms with Gasteiger partial charge in [-0.25, -0.2) is 9.78 Å². The van der Waals surface area contributed by atoms with Gasteiger partial charge in [0, 0.05) is 44.2 Å². The number of hydrogen-bond donors (Lipinski definition) is 2. The van der Waals surface area contributed by atoms with E-state index in [2.05, 4.69) is 9.97 Å². The molecule has 44 heavy (non-hydrogen) atoms. The first-order valence-electron chi connectivity index (χ1n) is 14.9. The molecule has 0 radical (unpaired) electrons. The molecule has 3 N–H and O–H groups in total. The normalized spacial score (nSPS) is 20.2. The van der Waals surface area contributed by atoms with Gasteiger partial charge in [-0.2, -0.15) is 0 Å². The Kier molecular flexibility index (Phi) is 8.91. The molecule has 0 spiro atoms. The average molecular weight is 605 g/mol. The Hall–Kier alpha value is -4.45. The second kappa shape index (κ2) is 12.7. The van der Waals surface area contributed by atoms with Crippen molar-refractivity contribution in [2.45, 2.75) is 63.7 Å². The van der Waals surface area contributed by atoms with E-state index in [0.717, 1.165) is 5.56 Å². The summed E-state index contributed by atoms with van der Waals surface area (Å²) >= 11 is 0. The number of carbonyl (C=O) groups is 2. The van der Waals surface area contributed by atoms with Gasteiger partial charge in [-0.3, -0.25) is 19.1 Å². The van der Waals surface area contributed by atoms with E-state index in [4.69, 9.17) is 15.2 Å². The molecule has 0 bridgehead atoms. The maximum absolute atomic E-state index is 13.9. The Morgan fingerprint density at radius 1 is 1.07 bits per heavy atom. The first-order valence-corrected chi connectivity index (χ1v) is 14.9. The summed E-state index contributed by atoms with van der Waals surface area (Å²) in [5.41, 5.74) is 4.50. The molecule has 2 aliphatic rings. The van der Waals surface area contributed by atoms with Crippen molar-refractivity contribution in [2.24, 2.45) is 5.92 Å². The smallest absolute Gasteiger partial charge is 0.410 e. The Balaban J connectivity index is 1.24. The van der Waals surface area contributed by atoms with Crippen LogP contribution in [0.25, 0.3) is 0 Å². The summed E-state index contributed by atoms with van der Waals surface area (Å²) in [5.74, 6) is -0.140. The molecule has 1 aromatic carbocycles. The van der Waals surface area contributed by atoms with E-state index in [0.29, 0.717) is 38.3 Å². The van der Waals surface area contributed by atoms with E-state index in [9.17, 15) is 19.5 Å². The van der Waals surface area contributed by atoms with E-state index in [1.165, 1.54) is 17.1 Å². The highest BCUT2D eigenvalue weighted by Gasteiger charge is 2.42. The largest absolute Gasteiger partial charge is 0.444 e. The van der Waals surface area contributed by atoms with Crippen molar-refractivity contribution < 1.29 is 24.2 Å². The van der Waals surface area contributed by atoms with Crippen molar-refractivity contribution in [3.8, 4) is 11.6 Å². The van der Waals surface area contributed by atoms with Crippen LogP contribution >= 0.6 is 0 Å². The van der Waals surface area contributed by atoms with E-state index in [1.807, 2.05) is 51.1 Å². The number of hydrogen-bond acceptors (Lipinski definition) is 9. The number of aliphatic hydroxyl groups is 1. The number of nitrogen functional groups attached to an aromatic ring is 1. The standard InChI is InChI=1S/C32H40N6O6/c1-31(2,3)44-30(41)37-15-11-24(25(19-37)22-8-5-4-6-9-22)28(39)36-16-12-32(42,13-17-36)20-38-21-35-27(26(33)29(38)40)43-23-10-7-14-34-18-23/h4-10,14,18,21,24-25,42H,11-13,15-17,19-20,33H2,1-3H3/t24-,25+/m1/s1. The molecule has 4 heterocycles. The average Bonchev–Trinajstić information content (AvgIpc) is 3.01. The van der Waals surface area contributed by atoms with Gasteiger partial charge in [-0.15, -0.1) is 0 Å². The van der Waals surface area contributed by atoms with Crippen LogP contribution < -0.4 is 16.0 Å². The highest BCUT2D eigenvalue weighted by molar-refractivity contribution is 5.81. The van der Waals surface area contributed by atoms with E-state index in [1.54, 1.807) is 28.1 Å². The molecule has 0 unspecified atom stereocenters. The van der Waals surface area contributed by atoms with Crippen LogP contribution in [0.4, 0.5) is 10.5 Å². The molecule has 2 saturated heterocycles. The number of nitrogens with two attached hydrogens (primary N) is 1. The van der Waals surface area contributed by atoms with Crippen LogP contribution in [0, 0.1) is 5.92 Å². The molecule has 2 fully saturated rings. The molecule has 0 saturated carbocycles. The fraction of sp³-hybridized carbons (Fsp3) is 0.469. The number of amides is 2. The molecule has 234 valence electrons. The van der Waals surface area contributed by atoms with Gasteiger partial charge in [0.2, 0.25) is 11.8 Å². The third-order valence-corrected chi connectivity index (χ3v) is 8.16. The Morgan fingerprint density at radius 3 is 2.45 bits per heavy atom. The van der Waals surface area contributed by atoms with Crippen molar-refractivity contribution in [3.05, 3.63) is 77.1 Å². The first-order chi connectivity index (χ1) is 20.9. The van der Waals surface area contributed by atoms with Crippen LogP contribution in [0.5, 0.6) is 11.6 Å². The molecule has 0 aliphatic carbocycles. The first kappa shape index (κ1) is 31.0. The fourth-order valence-electron chi connectivity index (χ4n) is 5.83. The number of aromatic nitrogens is 3. The van der Waals surface area contributed by atoms with Crippen molar-refractivity contribution in [1.29, 1.82) is 0 Å². The van der Waals surface area contributed by atoms with Gasteiger partial charge in [0.05, 0.1) is 18.3 Å². The maximum atomic E-state index is 13.9. The van der Waals surface area contributed by atoms with E-state index < -0.39 is 16.8 Å². The molecule has 5 rings (SSSR count). The topological polar surface area (TPSA) is 153 Å². The lowest BCUT2D eigenvalue weighted by molar-refractivity contribution is -0.142. The molecule has 3 aromatic rings. The Labute approximate surface area is 256 Å². The van der Waals surface area contributed by atoms with Crippen LogP contribution in [0.1, 0.15) is 51.5 Å². The van der Waals surface area contributed by atoms with Gasteiger partial charge >= 0.3 is 6.09 Å². The van der Waals surface area contributed by atoms with Gasteiger partial charge in [0.1, 0.15) is 17.7 Å². The molecule has 2 atom stereocenters. The summed E-state index contributed by atoms with van der Waals surface area (Å²) in [6.45, 7) is 6.97. The summed E-state index contributed by atoms with van der Waals surface area (Å²) in [4.78, 5) is 51.4. The van der Waals surface area contributed by atoms with Crippen molar-refractivity contribution >= 4 is 17.7 Å². The van der Waals surface area contributed by atoms with Crippen LogP contribution in [-0.2, 0) is 16.1 Å². The predicted octanol–water partition coefficient (Wildman–Crippen LogP) is 3.41. The molecular weight excluding hydrogens is 564 g/mol. The summed E-state index contributed by atoms with van der Waals surface area (Å²) < 4.78 is 12.5. The summed E-state index contributed by atoms with van der Waals surface area (Å²) in [6.07, 6.45) is 5.08. The molecule has 2 amide bonds. The Bertz CT molecular complexity index is 1520. The third-order valence-electron chi connectivity index (χ3n) is 8.16. The van der Waals surface area contributed by atoms with Crippen molar-refractivity contribution in [1.82, 2.24) is 24.3 Å². The number of benzene rings is 1. The minimum Gasteiger partial charge on any atom is -0.444 e. The van der Waals surface area contributed by atoms with Crippen molar-refractivity contribution in [2.75, 3.05) is 31.9 Å². The number of rotatable bonds is 6. The monoisotopic (exact) mass is 604 g/mol. The molecular formula is C32H40N6O6. The summed E-state index contributed by atoms with van der Waals surface area (Å²) in [6, 6.07) is 13.1. The zero-order chi connectivity index (χ0) is 31.5. The highest BCUT2D eigenvalue weighted by atomic mass is 16.6. The lowest BCUT2D eigenvalue weighted by Crippen LogP contribution is -2.53. The molecule has 12 heteroatoms. The quantitative estimate of drug-likeness (QED) is 0.431. The summed E-state index contributed by atoms with van der Waals surface area (Å²) in [7, 11) is 0. The number of nitrogens with zero attached hydrogens (tertiary/aromatic N) is 5. The third kappa shape index (κ3) is 7.19. The van der Waals surface area contributed by atoms with Gasteiger partial charge < -0.3 is 30.1 Å². The fourth-order valence-corrected chi connectivity index (χ4v) is 5.83. The van der Waals surface area contributed by atoms with Gasteiger partial charge in [0.25, 0.3) is 5.56 Å². The number of likely N-dealkylation sites (tertiary alicyclic amines) is 2. The SMILES string of the molecule is CC(C)(C)OC(=O)N1CC[C@@H](C(=O)N2CCC(O)(Cn3cnc(Oc4cccnc4)c(N)c3=O)CC2)[C@H](c2ccccc2)C1. The number of ether oxygens (including phenoxy) is 2. The van der Waals surface area contributed by atoms with E-state index >= 15 is 0 Å². The van der Waals surface area contributed by atoms with Crippen molar-refractivity contribution in [3.63, 3.8) is 0 Å². The molecule has 12 nitrogen and oxygen atoms in total. The second-order valence-corrected chi connectivity index (χ2v) is 12.6. The van der Waals surface area contributed by atoms with Gasteiger partial charge in [-0.1, -0.05) is 30.3 Å². The number of anilines is 1. The Morgan fingerprint density at radius 2 is 1.80 bits per heavy atom. The van der Waals surface area contributed by atoms with Crippen LogP contribution in [-0.4, -0.2) is 78.8 Å². The minimum absolute atomic E-state index is 0.00437. The minimum atomic E-state index is -1.22. The molecule has 2 aliphatic heterocycles. The van der Waals surface area contributed by atoms with Crippen LogP contribution in [0.3, 0.4) is 0 Å². The van der Waals surface area contributed by atoms with Gasteiger partial charge in [-0.05, 0) is 57.7 Å². The zero-order valence-electron chi connectivity index (χ0n) is 25.4. The lowest BCUT2D eigenvalue weighted by Gasteiger charge is -2.43. The lowest BCUT2D eigenvalue weighted by atomic mass is 9.79.